The Hall–Kier alpha value is -0.650. The van der Waals surface area contributed by atoms with Crippen LogP contribution in [-0.2, 0) is 9.53 Å². The van der Waals surface area contributed by atoms with Crippen LogP contribution in [0.1, 0.15) is 0 Å². The number of ether oxygens (including phenoxy) is 1. The Bertz CT molecular complexity index is 145. The second-order valence-electron chi connectivity index (χ2n) is 2.09. The zero-order valence-corrected chi connectivity index (χ0v) is 5.10. The van der Waals surface area contributed by atoms with E-state index in [0.29, 0.717) is 0 Å². The molecule has 3 N–H and O–H groups in total. The predicted octanol–water partition coefficient (Wildman–Crippen LogP) is -2.37. The fourth-order valence-electron chi connectivity index (χ4n) is 0.777. The van der Waals surface area contributed by atoms with Crippen molar-refractivity contribution in [2.75, 3.05) is 6.61 Å². The van der Waals surface area contributed by atoms with Crippen LogP contribution in [0.5, 0.6) is 0 Å². The molecule has 0 aromatic rings. The van der Waals surface area contributed by atoms with Gasteiger partial charge in [0.2, 0.25) is 0 Å². The summed E-state index contributed by atoms with van der Waals surface area (Å²) < 4.78 is 4.35. The summed E-state index contributed by atoms with van der Waals surface area (Å²) in [5.74, 6) is -0.883. The van der Waals surface area contributed by atoms with Crippen LogP contribution in [0.3, 0.4) is 0 Å². The molecule has 1 rings (SSSR count). The number of esters is 1. The highest BCUT2D eigenvalue weighted by molar-refractivity contribution is 5.77. The second-order valence-corrected chi connectivity index (χ2v) is 2.09. The Morgan fingerprint density at radius 3 is 2.30 bits per heavy atom. The molecule has 1 aliphatic rings. The molecule has 0 aromatic heterocycles. The first-order valence-corrected chi connectivity index (χ1v) is 2.84. The second kappa shape index (κ2) is 2.53. The van der Waals surface area contributed by atoms with Crippen LogP contribution in [0.25, 0.3) is 0 Å². The molecule has 3 atom stereocenters. The first kappa shape index (κ1) is 7.46. The van der Waals surface area contributed by atoms with Gasteiger partial charge in [-0.25, -0.2) is 4.79 Å². The third kappa shape index (κ3) is 0.985. The molecule has 0 amide bonds. The number of carbonyl (C=O) groups is 1. The molecule has 1 unspecified atom stereocenters. The Morgan fingerprint density at radius 1 is 1.50 bits per heavy atom. The molecule has 0 aromatic carbocycles. The molecule has 10 heavy (non-hydrogen) atoms. The quantitative estimate of drug-likeness (QED) is 0.362. The van der Waals surface area contributed by atoms with Crippen molar-refractivity contribution in [1.82, 2.24) is 0 Å². The van der Waals surface area contributed by atoms with Gasteiger partial charge in [-0.3, -0.25) is 0 Å². The van der Waals surface area contributed by atoms with Gasteiger partial charge in [-0.15, -0.1) is 0 Å². The largest absolute Gasteiger partial charge is 0.455 e. The van der Waals surface area contributed by atoms with E-state index in [4.69, 9.17) is 15.3 Å². The standard InChI is InChI=1S/C5H8O5/c6-1-2-3(7)4(8)5(9)10-2/h2-4,6-8H,1H2/t2-,3?,4-/m1/s1. The van der Waals surface area contributed by atoms with Crippen molar-refractivity contribution in [3.05, 3.63) is 0 Å². The number of aliphatic hydroxyl groups is 3. The highest BCUT2D eigenvalue weighted by atomic mass is 16.6. The molecule has 0 bridgehead atoms. The lowest BCUT2D eigenvalue weighted by molar-refractivity contribution is -0.148. The molecule has 0 aliphatic carbocycles. The van der Waals surface area contributed by atoms with Crippen molar-refractivity contribution in [1.29, 1.82) is 0 Å². The molecule has 1 saturated heterocycles. The smallest absolute Gasteiger partial charge is 0.338 e. The van der Waals surface area contributed by atoms with Gasteiger partial charge < -0.3 is 20.1 Å². The van der Waals surface area contributed by atoms with Gasteiger partial charge in [0.25, 0.3) is 0 Å². The Labute approximate surface area is 56.9 Å². The number of hydrogen-bond donors (Lipinski definition) is 3. The van der Waals surface area contributed by atoms with Gasteiger partial charge in [-0.1, -0.05) is 0 Å². The van der Waals surface area contributed by atoms with E-state index in [9.17, 15) is 4.79 Å². The normalized spacial score (nSPS) is 39.9. The third-order valence-corrected chi connectivity index (χ3v) is 1.39. The van der Waals surface area contributed by atoms with Crippen molar-refractivity contribution < 1.29 is 24.9 Å². The van der Waals surface area contributed by atoms with Crippen molar-refractivity contribution in [3.63, 3.8) is 0 Å². The summed E-state index contributed by atoms with van der Waals surface area (Å²) in [7, 11) is 0. The first-order chi connectivity index (χ1) is 4.66. The average molecular weight is 148 g/mol. The van der Waals surface area contributed by atoms with Gasteiger partial charge in [0.1, 0.15) is 6.10 Å². The van der Waals surface area contributed by atoms with E-state index in [-0.39, 0.29) is 0 Å². The molecule has 0 saturated carbocycles. The summed E-state index contributed by atoms with van der Waals surface area (Å²) in [6.07, 6.45) is -3.77. The summed E-state index contributed by atoms with van der Waals surface area (Å²) in [5, 5.41) is 26.0. The monoisotopic (exact) mass is 148 g/mol. The van der Waals surface area contributed by atoms with Crippen LogP contribution in [-0.4, -0.2) is 46.2 Å². The number of rotatable bonds is 1. The van der Waals surface area contributed by atoms with Crippen LogP contribution in [0.4, 0.5) is 0 Å². The highest BCUT2D eigenvalue weighted by Gasteiger charge is 2.41. The summed E-state index contributed by atoms with van der Waals surface area (Å²) in [5.41, 5.74) is 0. The molecule has 0 spiro atoms. The number of cyclic esters (lactones) is 1. The van der Waals surface area contributed by atoms with Crippen molar-refractivity contribution in [3.8, 4) is 0 Å². The van der Waals surface area contributed by atoms with E-state index < -0.39 is 30.9 Å². The lowest BCUT2D eigenvalue weighted by atomic mass is 10.1. The van der Waals surface area contributed by atoms with Gasteiger partial charge in [0.05, 0.1) is 6.61 Å². The van der Waals surface area contributed by atoms with Crippen LogP contribution >= 0.6 is 0 Å². The van der Waals surface area contributed by atoms with E-state index >= 15 is 0 Å². The Kier molecular flexibility index (Phi) is 1.89. The highest BCUT2D eigenvalue weighted by Crippen LogP contribution is 2.14. The maximum atomic E-state index is 10.4. The molecule has 5 nitrogen and oxygen atoms in total. The summed E-state index contributed by atoms with van der Waals surface area (Å²) in [4.78, 5) is 10.4. The number of aliphatic hydroxyl groups excluding tert-OH is 3. The zero-order valence-electron chi connectivity index (χ0n) is 5.10. The van der Waals surface area contributed by atoms with Gasteiger partial charge in [0, 0.05) is 0 Å². The van der Waals surface area contributed by atoms with E-state index in [1.165, 1.54) is 0 Å². The van der Waals surface area contributed by atoms with Crippen molar-refractivity contribution in [2.24, 2.45) is 0 Å². The topological polar surface area (TPSA) is 87.0 Å². The molecule has 1 aliphatic heterocycles. The van der Waals surface area contributed by atoms with Crippen LogP contribution in [0.2, 0.25) is 0 Å². The number of carbonyl (C=O) groups excluding carboxylic acids is 1. The minimum atomic E-state index is -1.50. The van der Waals surface area contributed by atoms with Gasteiger partial charge in [-0.2, -0.15) is 0 Å². The van der Waals surface area contributed by atoms with Crippen LogP contribution < -0.4 is 0 Å². The Morgan fingerprint density at radius 2 is 2.10 bits per heavy atom. The molecule has 1 heterocycles. The Balaban J connectivity index is 2.61. The molecular weight excluding hydrogens is 140 g/mol. The molecule has 58 valence electrons. The fraction of sp³-hybridized carbons (Fsp3) is 0.800. The third-order valence-electron chi connectivity index (χ3n) is 1.39. The average Bonchev–Trinajstić information content (AvgIpc) is 2.17. The molecular formula is C5H8O5. The minimum Gasteiger partial charge on any atom is -0.455 e. The molecule has 5 heteroatoms. The lowest BCUT2D eigenvalue weighted by Gasteiger charge is -2.08. The van der Waals surface area contributed by atoms with E-state index in [2.05, 4.69) is 4.74 Å². The lowest BCUT2D eigenvalue weighted by Crippen LogP contribution is -2.32. The van der Waals surface area contributed by atoms with Gasteiger partial charge >= 0.3 is 5.97 Å². The minimum absolute atomic E-state index is 0.468. The van der Waals surface area contributed by atoms with Gasteiger partial charge in [0.15, 0.2) is 12.2 Å². The zero-order chi connectivity index (χ0) is 7.72. The van der Waals surface area contributed by atoms with Crippen molar-refractivity contribution >= 4 is 5.97 Å². The maximum Gasteiger partial charge on any atom is 0.338 e. The number of hydrogen-bond acceptors (Lipinski definition) is 5. The first-order valence-electron chi connectivity index (χ1n) is 2.84. The van der Waals surface area contributed by atoms with Crippen LogP contribution in [0, 0.1) is 0 Å². The predicted molar refractivity (Wildman–Crippen MR) is 29.0 cm³/mol. The van der Waals surface area contributed by atoms with E-state index in [0.717, 1.165) is 0 Å². The SMILES string of the molecule is O=C1O[C@H](CO)C(O)[C@H]1O. The van der Waals surface area contributed by atoms with E-state index in [1.54, 1.807) is 0 Å². The van der Waals surface area contributed by atoms with Gasteiger partial charge in [-0.05, 0) is 0 Å². The maximum absolute atomic E-state index is 10.4. The summed E-state index contributed by atoms with van der Waals surface area (Å²) in [6.45, 7) is -0.468. The fourth-order valence-corrected chi connectivity index (χ4v) is 0.777. The van der Waals surface area contributed by atoms with Crippen LogP contribution in [0.15, 0.2) is 0 Å². The van der Waals surface area contributed by atoms with Crippen molar-refractivity contribution in [2.45, 2.75) is 18.3 Å². The summed E-state index contributed by atoms with van der Waals surface area (Å²) in [6, 6.07) is 0. The van der Waals surface area contributed by atoms with E-state index in [1.807, 2.05) is 0 Å². The molecule has 1 fully saturated rings. The summed E-state index contributed by atoms with van der Waals surface area (Å²) >= 11 is 0. The molecule has 0 radical (unpaired) electrons.